The molecule has 1 aromatic carbocycles. The molecule has 1 aromatic heterocycles. The van der Waals surface area contributed by atoms with Crippen molar-refractivity contribution in [1.29, 1.82) is 0 Å². The van der Waals surface area contributed by atoms with Crippen molar-refractivity contribution in [2.24, 2.45) is 0 Å². The van der Waals surface area contributed by atoms with Crippen molar-refractivity contribution < 1.29 is 14.5 Å². The quantitative estimate of drug-likeness (QED) is 0.640. The number of non-ortho nitro benzene ring substituents is 1. The van der Waals surface area contributed by atoms with Gasteiger partial charge in [-0.3, -0.25) is 24.4 Å². The third-order valence-electron chi connectivity index (χ3n) is 3.88. The van der Waals surface area contributed by atoms with Gasteiger partial charge in [0.25, 0.3) is 5.69 Å². The van der Waals surface area contributed by atoms with Crippen LogP contribution in [-0.4, -0.2) is 46.6 Å². The first-order valence-corrected chi connectivity index (χ1v) is 7.16. The predicted molar refractivity (Wildman–Crippen MR) is 81.0 cm³/mol. The van der Waals surface area contributed by atoms with Gasteiger partial charge in [-0.05, 0) is 12.1 Å². The zero-order valence-corrected chi connectivity index (χ0v) is 12.3. The maximum absolute atomic E-state index is 12.0. The van der Waals surface area contributed by atoms with Crippen LogP contribution in [0.4, 0.5) is 5.69 Å². The van der Waals surface area contributed by atoms with Gasteiger partial charge in [0.05, 0.1) is 23.7 Å². The monoisotopic (exact) mass is 303 g/mol. The molecular formula is C15H17N3O4. The van der Waals surface area contributed by atoms with Gasteiger partial charge in [0, 0.05) is 49.8 Å². The number of nitro benzene ring substituents is 1. The summed E-state index contributed by atoms with van der Waals surface area (Å²) >= 11 is 0. The van der Waals surface area contributed by atoms with Crippen LogP contribution in [0, 0.1) is 10.1 Å². The van der Waals surface area contributed by atoms with Crippen LogP contribution in [0.25, 0.3) is 10.9 Å². The van der Waals surface area contributed by atoms with Crippen molar-refractivity contribution in [2.75, 3.05) is 26.3 Å². The minimum atomic E-state index is -0.424. The number of rotatable bonds is 3. The fraction of sp³-hybridized carbons (Fsp3) is 0.400. The van der Waals surface area contributed by atoms with Crippen molar-refractivity contribution in [3.8, 4) is 0 Å². The van der Waals surface area contributed by atoms with Crippen molar-refractivity contribution in [3.05, 3.63) is 40.1 Å². The third kappa shape index (κ3) is 2.72. The fourth-order valence-corrected chi connectivity index (χ4v) is 2.85. The van der Waals surface area contributed by atoms with Crippen molar-refractivity contribution in [3.63, 3.8) is 0 Å². The first kappa shape index (κ1) is 14.7. The molecule has 0 aliphatic carbocycles. The summed E-state index contributed by atoms with van der Waals surface area (Å²) in [4.78, 5) is 24.7. The van der Waals surface area contributed by atoms with E-state index in [1.54, 1.807) is 10.6 Å². The highest BCUT2D eigenvalue weighted by Gasteiger charge is 2.18. The highest BCUT2D eigenvalue weighted by atomic mass is 16.6. The lowest BCUT2D eigenvalue weighted by molar-refractivity contribution is -0.384. The lowest BCUT2D eigenvalue weighted by Crippen LogP contribution is -2.36. The van der Waals surface area contributed by atoms with Crippen LogP contribution in [0.3, 0.4) is 0 Å². The van der Waals surface area contributed by atoms with E-state index >= 15 is 0 Å². The van der Waals surface area contributed by atoms with Gasteiger partial charge in [0.15, 0.2) is 0 Å². The van der Waals surface area contributed by atoms with Gasteiger partial charge in [0.2, 0.25) is 5.91 Å². The van der Waals surface area contributed by atoms with E-state index in [0.717, 1.165) is 18.8 Å². The molecule has 1 fully saturated rings. The Morgan fingerprint density at radius 3 is 2.68 bits per heavy atom. The number of nitro groups is 1. The van der Waals surface area contributed by atoms with E-state index in [4.69, 9.17) is 4.74 Å². The van der Waals surface area contributed by atoms with E-state index in [2.05, 4.69) is 4.90 Å². The van der Waals surface area contributed by atoms with E-state index in [9.17, 15) is 14.9 Å². The van der Waals surface area contributed by atoms with Crippen LogP contribution in [0.5, 0.6) is 0 Å². The summed E-state index contributed by atoms with van der Waals surface area (Å²) in [5.74, 6) is -0.0906. The second-order valence-electron chi connectivity index (χ2n) is 5.38. The molecule has 22 heavy (non-hydrogen) atoms. The largest absolute Gasteiger partial charge is 0.379 e. The minimum absolute atomic E-state index is 0.0334. The van der Waals surface area contributed by atoms with Gasteiger partial charge in [-0.2, -0.15) is 0 Å². The number of carbonyl (C=O) groups is 1. The summed E-state index contributed by atoms with van der Waals surface area (Å²) in [5, 5.41) is 11.6. The zero-order chi connectivity index (χ0) is 15.7. The second-order valence-corrected chi connectivity index (χ2v) is 5.38. The fourth-order valence-electron chi connectivity index (χ4n) is 2.85. The molecular weight excluding hydrogens is 286 g/mol. The van der Waals surface area contributed by atoms with E-state index in [1.807, 2.05) is 6.07 Å². The molecule has 2 aromatic rings. The Hall–Kier alpha value is -2.25. The molecule has 7 nitrogen and oxygen atoms in total. The number of ether oxygens (including phenoxy) is 1. The number of aromatic nitrogens is 1. The van der Waals surface area contributed by atoms with Crippen molar-refractivity contribution in [2.45, 2.75) is 13.5 Å². The molecule has 1 aliphatic heterocycles. The molecule has 1 aliphatic rings. The number of carbonyl (C=O) groups excluding carboxylic acids is 1. The average Bonchev–Trinajstić information content (AvgIpc) is 2.85. The van der Waals surface area contributed by atoms with E-state index in [-0.39, 0.29) is 11.6 Å². The highest BCUT2D eigenvalue weighted by Crippen LogP contribution is 2.25. The molecule has 1 saturated heterocycles. The number of benzene rings is 1. The predicted octanol–water partition coefficient (Wildman–Crippen LogP) is 2.04. The molecule has 0 saturated carbocycles. The number of fused-ring (bicyclic) bond motifs is 1. The van der Waals surface area contributed by atoms with Crippen LogP contribution >= 0.6 is 0 Å². The molecule has 7 heteroatoms. The van der Waals surface area contributed by atoms with Gasteiger partial charge in [-0.15, -0.1) is 0 Å². The molecule has 0 bridgehead atoms. The van der Waals surface area contributed by atoms with Crippen LogP contribution in [0.15, 0.2) is 24.3 Å². The Morgan fingerprint density at radius 2 is 2.05 bits per heavy atom. The summed E-state index contributed by atoms with van der Waals surface area (Å²) in [6.45, 7) is 5.14. The molecule has 0 amide bonds. The number of morpholine rings is 1. The van der Waals surface area contributed by atoms with Crippen LogP contribution < -0.4 is 0 Å². The molecule has 0 spiro atoms. The third-order valence-corrected chi connectivity index (χ3v) is 3.88. The SMILES string of the molecule is CC(=O)n1c(CN2CCOCC2)cc2cc([N+](=O)[O-])ccc21. The Morgan fingerprint density at radius 1 is 1.32 bits per heavy atom. The molecule has 0 unspecified atom stereocenters. The smallest absolute Gasteiger partial charge is 0.270 e. The lowest BCUT2D eigenvalue weighted by atomic mass is 10.2. The van der Waals surface area contributed by atoms with Crippen molar-refractivity contribution in [1.82, 2.24) is 9.47 Å². The van der Waals surface area contributed by atoms with Crippen LogP contribution in [-0.2, 0) is 11.3 Å². The molecule has 3 rings (SSSR count). The Balaban J connectivity index is 2.02. The summed E-state index contributed by atoms with van der Waals surface area (Å²) in [6.07, 6.45) is 0. The Kier molecular flexibility index (Phi) is 3.91. The first-order valence-electron chi connectivity index (χ1n) is 7.16. The maximum atomic E-state index is 12.0. The summed E-state index contributed by atoms with van der Waals surface area (Å²) in [5.41, 5.74) is 1.59. The number of hydrogen-bond acceptors (Lipinski definition) is 5. The van der Waals surface area contributed by atoms with Gasteiger partial charge in [-0.1, -0.05) is 0 Å². The molecule has 0 N–H and O–H groups in total. The normalized spacial score (nSPS) is 16.0. The highest BCUT2D eigenvalue weighted by molar-refractivity contribution is 5.93. The van der Waals surface area contributed by atoms with E-state index < -0.39 is 4.92 Å². The molecule has 116 valence electrons. The van der Waals surface area contributed by atoms with Crippen LogP contribution in [0.1, 0.15) is 17.4 Å². The summed E-state index contributed by atoms with van der Waals surface area (Å²) in [7, 11) is 0. The van der Waals surface area contributed by atoms with Gasteiger partial charge in [0.1, 0.15) is 0 Å². The lowest BCUT2D eigenvalue weighted by Gasteiger charge is -2.26. The Labute approximate surface area is 127 Å². The van der Waals surface area contributed by atoms with Crippen LogP contribution in [0.2, 0.25) is 0 Å². The average molecular weight is 303 g/mol. The van der Waals surface area contributed by atoms with E-state index in [0.29, 0.717) is 30.7 Å². The maximum Gasteiger partial charge on any atom is 0.270 e. The molecule has 0 radical (unpaired) electrons. The Bertz CT molecular complexity index is 732. The number of hydrogen-bond donors (Lipinski definition) is 0. The summed E-state index contributed by atoms with van der Waals surface area (Å²) in [6, 6.07) is 6.44. The number of nitrogens with zero attached hydrogens (tertiary/aromatic N) is 3. The van der Waals surface area contributed by atoms with Gasteiger partial charge in [-0.25, -0.2) is 0 Å². The standard InChI is InChI=1S/C15H17N3O4/c1-11(19)17-14(10-16-4-6-22-7-5-16)9-12-8-13(18(20)21)2-3-15(12)17/h2-3,8-9H,4-7,10H2,1H3. The topological polar surface area (TPSA) is 77.6 Å². The van der Waals surface area contributed by atoms with E-state index in [1.165, 1.54) is 19.1 Å². The molecule has 0 atom stereocenters. The van der Waals surface area contributed by atoms with Gasteiger partial charge >= 0.3 is 0 Å². The molecule has 2 heterocycles. The summed E-state index contributed by atoms with van der Waals surface area (Å²) < 4.78 is 6.96. The minimum Gasteiger partial charge on any atom is -0.379 e. The first-order chi connectivity index (χ1) is 10.6. The van der Waals surface area contributed by atoms with Crippen molar-refractivity contribution >= 4 is 22.5 Å². The van der Waals surface area contributed by atoms with Gasteiger partial charge < -0.3 is 4.74 Å². The zero-order valence-electron chi connectivity index (χ0n) is 12.3. The second kappa shape index (κ2) is 5.86.